The number of benzene rings is 1. The van der Waals surface area contributed by atoms with Gasteiger partial charge in [0.15, 0.2) is 5.82 Å². The number of ether oxygens (including phenoxy) is 1. The number of carbonyl (C=O) groups excluding carboxylic acids is 1. The van der Waals surface area contributed by atoms with E-state index < -0.39 is 0 Å². The van der Waals surface area contributed by atoms with E-state index in [1.54, 1.807) is 6.07 Å². The van der Waals surface area contributed by atoms with Crippen molar-refractivity contribution in [3.63, 3.8) is 0 Å². The van der Waals surface area contributed by atoms with Crippen molar-refractivity contribution in [2.45, 2.75) is 20.0 Å². The molecule has 0 spiro atoms. The molecule has 0 aliphatic heterocycles. The number of nitrogens with zero attached hydrogens (tertiary/aromatic N) is 3. The average Bonchev–Trinajstić information content (AvgIpc) is 3.15. The zero-order chi connectivity index (χ0) is 16.4. The minimum absolute atomic E-state index is 0.0689. The van der Waals surface area contributed by atoms with Crippen LogP contribution in [0.15, 0.2) is 46.3 Å². The lowest BCUT2D eigenvalue weighted by Gasteiger charge is -2.05. The summed E-state index contributed by atoms with van der Waals surface area (Å²) in [5.41, 5.74) is 0.520. The van der Waals surface area contributed by atoms with Crippen molar-refractivity contribution in [3.05, 3.63) is 51.8 Å². The van der Waals surface area contributed by atoms with Gasteiger partial charge in [-0.2, -0.15) is 9.67 Å². The first kappa shape index (κ1) is 15.9. The molecular formula is C16H14BrN3O2S. The van der Waals surface area contributed by atoms with Gasteiger partial charge < -0.3 is 4.74 Å². The van der Waals surface area contributed by atoms with Crippen LogP contribution in [0.4, 0.5) is 0 Å². The van der Waals surface area contributed by atoms with E-state index in [-0.39, 0.29) is 18.0 Å². The molecule has 7 heteroatoms. The van der Waals surface area contributed by atoms with Gasteiger partial charge in [-0.3, -0.25) is 4.79 Å². The number of halogens is 1. The molecule has 0 fully saturated rings. The summed E-state index contributed by atoms with van der Waals surface area (Å²) >= 11 is 4.90. The maximum atomic E-state index is 12.9. The van der Waals surface area contributed by atoms with Crippen LogP contribution in [0.3, 0.4) is 0 Å². The monoisotopic (exact) mass is 391 g/mol. The fourth-order valence-corrected chi connectivity index (χ4v) is 3.16. The first-order valence-electron chi connectivity index (χ1n) is 7.03. The van der Waals surface area contributed by atoms with Crippen LogP contribution in [0.1, 0.15) is 24.2 Å². The van der Waals surface area contributed by atoms with Gasteiger partial charge in [0.2, 0.25) is 0 Å². The maximum Gasteiger partial charge on any atom is 0.336 e. The van der Waals surface area contributed by atoms with Crippen LogP contribution in [0.25, 0.3) is 10.7 Å². The third-order valence-corrected chi connectivity index (χ3v) is 4.52. The van der Waals surface area contributed by atoms with Gasteiger partial charge in [0.1, 0.15) is 0 Å². The Morgan fingerprint density at radius 3 is 2.70 bits per heavy atom. The molecule has 0 unspecified atom stereocenters. The Balaban J connectivity index is 2.08. The van der Waals surface area contributed by atoms with E-state index in [9.17, 15) is 4.79 Å². The lowest BCUT2D eigenvalue weighted by atomic mass is 10.2. The standard InChI is InChI=1S/C16H14BrN3O2S/c1-10(2)22-16-18-14(13-8-5-9-23-13)20(19-16)15(21)11-6-3-4-7-12(11)17/h3-10H,1-2H3. The predicted molar refractivity (Wildman–Crippen MR) is 93.0 cm³/mol. The Morgan fingerprint density at radius 1 is 1.26 bits per heavy atom. The Kier molecular flexibility index (Phi) is 4.58. The summed E-state index contributed by atoms with van der Waals surface area (Å²) in [4.78, 5) is 18.1. The molecule has 0 bridgehead atoms. The molecule has 0 aliphatic rings. The number of aromatic nitrogens is 3. The second-order valence-corrected chi connectivity index (χ2v) is 6.86. The molecule has 0 saturated carbocycles. The molecule has 118 valence electrons. The molecule has 0 amide bonds. The minimum atomic E-state index is -0.257. The van der Waals surface area contributed by atoms with Gasteiger partial charge in [-0.1, -0.05) is 18.2 Å². The molecule has 5 nitrogen and oxygen atoms in total. The van der Waals surface area contributed by atoms with E-state index >= 15 is 0 Å². The van der Waals surface area contributed by atoms with E-state index in [0.29, 0.717) is 15.9 Å². The Labute approximate surface area is 146 Å². The lowest BCUT2D eigenvalue weighted by Crippen LogP contribution is -2.16. The first-order valence-corrected chi connectivity index (χ1v) is 8.70. The lowest BCUT2D eigenvalue weighted by molar-refractivity contribution is 0.0942. The maximum absolute atomic E-state index is 12.9. The highest BCUT2D eigenvalue weighted by atomic mass is 79.9. The topological polar surface area (TPSA) is 57.0 Å². The fraction of sp³-hybridized carbons (Fsp3) is 0.188. The van der Waals surface area contributed by atoms with E-state index in [1.807, 2.05) is 49.6 Å². The second kappa shape index (κ2) is 6.64. The molecular weight excluding hydrogens is 378 g/mol. The molecule has 23 heavy (non-hydrogen) atoms. The summed E-state index contributed by atoms with van der Waals surface area (Å²) in [6, 6.07) is 11.2. The predicted octanol–water partition coefficient (Wildman–Crippen LogP) is 4.24. The van der Waals surface area contributed by atoms with Crippen molar-refractivity contribution in [2.75, 3.05) is 0 Å². The van der Waals surface area contributed by atoms with Crippen LogP contribution in [-0.4, -0.2) is 26.8 Å². The zero-order valence-corrected chi connectivity index (χ0v) is 15.0. The fourth-order valence-electron chi connectivity index (χ4n) is 2.01. The summed E-state index contributed by atoms with van der Waals surface area (Å²) < 4.78 is 7.55. The van der Waals surface area contributed by atoms with Crippen molar-refractivity contribution in [1.82, 2.24) is 14.8 Å². The van der Waals surface area contributed by atoms with E-state index in [0.717, 1.165) is 4.88 Å². The summed E-state index contributed by atoms with van der Waals surface area (Å²) in [6.07, 6.45) is -0.0689. The van der Waals surface area contributed by atoms with Gasteiger partial charge in [0.25, 0.3) is 5.91 Å². The molecule has 3 rings (SSSR count). The zero-order valence-electron chi connectivity index (χ0n) is 12.6. The van der Waals surface area contributed by atoms with E-state index in [1.165, 1.54) is 16.0 Å². The van der Waals surface area contributed by atoms with Crippen molar-refractivity contribution in [1.29, 1.82) is 0 Å². The first-order chi connectivity index (χ1) is 11.1. The highest BCUT2D eigenvalue weighted by molar-refractivity contribution is 9.10. The number of hydrogen-bond acceptors (Lipinski definition) is 5. The van der Waals surface area contributed by atoms with Crippen LogP contribution in [0.2, 0.25) is 0 Å². The van der Waals surface area contributed by atoms with Crippen LogP contribution in [-0.2, 0) is 0 Å². The Hall–Kier alpha value is -1.99. The summed E-state index contributed by atoms with van der Waals surface area (Å²) in [5, 5.41) is 6.17. The van der Waals surface area contributed by atoms with Crippen LogP contribution in [0, 0.1) is 0 Å². The molecule has 2 heterocycles. The highest BCUT2D eigenvalue weighted by Gasteiger charge is 2.22. The van der Waals surface area contributed by atoms with Gasteiger partial charge in [0.05, 0.1) is 16.5 Å². The van der Waals surface area contributed by atoms with Gasteiger partial charge in [0, 0.05) is 4.47 Å². The molecule has 3 aromatic rings. The molecule has 1 aromatic carbocycles. The second-order valence-electron chi connectivity index (χ2n) is 5.06. The van der Waals surface area contributed by atoms with Crippen LogP contribution in [0.5, 0.6) is 6.01 Å². The van der Waals surface area contributed by atoms with Gasteiger partial charge >= 0.3 is 6.01 Å². The molecule has 2 aromatic heterocycles. The summed E-state index contributed by atoms with van der Waals surface area (Å²) in [6.45, 7) is 3.78. The minimum Gasteiger partial charge on any atom is -0.460 e. The van der Waals surface area contributed by atoms with Crippen LogP contribution >= 0.6 is 27.3 Å². The SMILES string of the molecule is CC(C)Oc1nc(-c2cccs2)n(C(=O)c2ccccc2Br)n1. The number of hydrogen-bond donors (Lipinski definition) is 0. The number of rotatable bonds is 4. The smallest absolute Gasteiger partial charge is 0.336 e. The summed E-state index contributed by atoms with van der Waals surface area (Å²) in [5.74, 6) is 0.225. The Bertz CT molecular complexity index is 828. The third-order valence-electron chi connectivity index (χ3n) is 2.97. The summed E-state index contributed by atoms with van der Waals surface area (Å²) in [7, 11) is 0. The third kappa shape index (κ3) is 3.35. The van der Waals surface area contributed by atoms with Crippen molar-refractivity contribution in [2.24, 2.45) is 0 Å². The van der Waals surface area contributed by atoms with Gasteiger partial charge in [-0.15, -0.1) is 16.4 Å². The molecule has 0 radical (unpaired) electrons. The number of carbonyl (C=O) groups is 1. The van der Waals surface area contributed by atoms with Crippen molar-refractivity contribution in [3.8, 4) is 16.7 Å². The molecule has 0 saturated heterocycles. The van der Waals surface area contributed by atoms with Crippen molar-refractivity contribution >= 4 is 33.2 Å². The van der Waals surface area contributed by atoms with Gasteiger partial charge in [-0.05, 0) is 53.4 Å². The van der Waals surface area contributed by atoms with Crippen molar-refractivity contribution < 1.29 is 9.53 Å². The normalized spacial score (nSPS) is 11.0. The van der Waals surface area contributed by atoms with Crippen LogP contribution < -0.4 is 4.74 Å². The highest BCUT2D eigenvalue weighted by Crippen LogP contribution is 2.27. The molecule has 0 atom stereocenters. The van der Waals surface area contributed by atoms with E-state index in [4.69, 9.17) is 4.74 Å². The quantitative estimate of drug-likeness (QED) is 0.666. The number of thiophene rings is 1. The van der Waals surface area contributed by atoms with E-state index in [2.05, 4.69) is 26.0 Å². The van der Waals surface area contributed by atoms with Gasteiger partial charge in [-0.25, -0.2) is 0 Å². The average molecular weight is 392 g/mol. The molecule has 0 aliphatic carbocycles. The Morgan fingerprint density at radius 2 is 2.04 bits per heavy atom. The largest absolute Gasteiger partial charge is 0.460 e. The molecule has 0 N–H and O–H groups in total.